The van der Waals surface area contributed by atoms with E-state index < -0.39 is 15.8 Å². The molecule has 11 heteroatoms. The number of carbonyl (C=O) groups is 1. The van der Waals surface area contributed by atoms with Gasteiger partial charge >= 0.3 is 16.3 Å². The zero-order valence-electron chi connectivity index (χ0n) is 20.4. The monoisotopic (exact) mass is 490 g/mol. The summed E-state index contributed by atoms with van der Waals surface area (Å²) in [5.74, 6) is 1.11. The molecule has 10 nitrogen and oxygen atoms in total. The Labute approximate surface area is 201 Å². The number of amides is 1. The van der Waals surface area contributed by atoms with Gasteiger partial charge in [-0.15, -0.1) is 0 Å². The Morgan fingerprint density at radius 1 is 1.15 bits per heavy atom. The van der Waals surface area contributed by atoms with Gasteiger partial charge in [0, 0.05) is 32.7 Å². The lowest BCUT2D eigenvalue weighted by Crippen LogP contribution is -2.43. The van der Waals surface area contributed by atoms with Gasteiger partial charge in [0.15, 0.2) is 5.82 Å². The number of likely N-dealkylation sites (tertiary alicyclic amines) is 1. The zero-order valence-corrected chi connectivity index (χ0v) is 21.2. The molecule has 2 aromatic rings. The molecule has 0 aliphatic carbocycles. The van der Waals surface area contributed by atoms with E-state index in [-0.39, 0.29) is 11.9 Å². The summed E-state index contributed by atoms with van der Waals surface area (Å²) in [6, 6.07) is 8.60. The van der Waals surface area contributed by atoms with E-state index in [2.05, 4.69) is 9.97 Å². The number of benzene rings is 1. The number of hydrogen-bond acceptors (Lipinski definition) is 7. The number of aryl methyl sites for hydroxylation is 1. The van der Waals surface area contributed by atoms with Crippen LogP contribution in [0.4, 0.5) is 22.1 Å². The van der Waals surface area contributed by atoms with Crippen molar-refractivity contribution in [1.82, 2.24) is 14.9 Å². The molecule has 0 unspecified atom stereocenters. The summed E-state index contributed by atoms with van der Waals surface area (Å²) < 4.78 is 31.2. The Morgan fingerprint density at radius 2 is 1.74 bits per heavy atom. The highest BCUT2D eigenvalue weighted by Crippen LogP contribution is 2.29. The highest BCUT2D eigenvalue weighted by molar-refractivity contribution is 7.90. The lowest BCUT2D eigenvalue weighted by atomic mass is 9.96. The highest BCUT2D eigenvalue weighted by Gasteiger charge is 2.28. The van der Waals surface area contributed by atoms with Gasteiger partial charge in [-0.25, -0.2) is 24.2 Å². The summed E-state index contributed by atoms with van der Waals surface area (Å²) in [6.07, 6.45) is 2.74. The Balaban J connectivity index is 1.68. The van der Waals surface area contributed by atoms with E-state index in [9.17, 15) is 13.2 Å². The number of nitrogens with two attached hydrogens (primary N) is 1. The maximum absolute atomic E-state index is 12.4. The predicted molar refractivity (Wildman–Crippen MR) is 132 cm³/mol. The van der Waals surface area contributed by atoms with Crippen LogP contribution in [0.25, 0.3) is 0 Å². The van der Waals surface area contributed by atoms with Crippen LogP contribution in [0.3, 0.4) is 0 Å². The Hall–Kier alpha value is -2.92. The fourth-order valence-corrected chi connectivity index (χ4v) is 4.63. The van der Waals surface area contributed by atoms with E-state index in [1.807, 2.05) is 51.8 Å². The summed E-state index contributed by atoms with van der Waals surface area (Å²) in [4.78, 5) is 24.5. The van der Waals surface area contributed by atoms with E-state index in [1.54, 1.807) is 23.1 Å². The number of anilines is 3. The predicted octanol–water partition coefficient (Wildman–Crippen LogP) is 3.21. The Kier molecular flexibility index (Phi) is 7.67. The van der Waals surface area contributed by atoms with Crippen LogP contribution >= 0.6 is 0 Å². The first-order chi connectivity index (χ1) is 15.8. The van der Waals surface area contributed by atoms with Crippen molar-refractivity contribution in [2.75, 3.05) is 35.9 Å². The third-order valence-corrected chi connectivity index (χ3v) is 6.47. The van der Waals surface area contributed by atoms with Crippen molar-refractivity contribution in [1.29, 1.82) is 0 Å². The molecule has 1 aliphatic heterocycles. The first-order valence-corrected chi connectivity index (χ1v) is 12.7. The largest absolute Gasteiger partial charge is 0.444 e. The second kappa shape index (κ2) is 10.1. The number of hydrogen-bond donors (Lipinski definition) is 1. The molecule has 0 saturated carbocycles. The number of aromatic nitrogens is 2. The van der Waals surface area contributed by atoms with Crippen LogP contribution < -0.4 is 14.3 Å². The molecule has 0 spiro atoms. The van der Waals surface area contributed by atoms with E-state index in [4.69, 9.17) is 9.88 Å². The van der Waals surface area contributed by atoms with Gasteiger partial charge in [-0.1, -0.05) is 17.7 Å². The Bertz CT molecular complexity index is 1090. The molecule has 0 radical (unpaired) electrons. The van der Waals surface area contributed by atoms with Crippen LogP contribution in [-0.4, -0.2) is 61.7 Å². The fraction of sp³-hybridized carbons (Fsp3) is 0.522. The average Bonchev–Trinajstić information content (AvgIpc) is 2.74. The van der Waals surface area contributed by atoms with Crippen LogP contribution in [-0.2, 0) is 14.9 Å². The van der Waals surface area contributed by atoms with E-state index in [0.29, 0.717) is 37.1 Å². The standard InChI is InChI=1S/C23H34N6O4S/c1-17-6-8-19(9-7-17)29(34(24,31)32)21-14-20(25-16-26-21)27(5)15-18-10-12-28(13-11-18)22(30)33-23(2,3)4/h6-9,14,16,18H,10-13,15H2,1-5H3,(H2,24,31,32). The molecule has 1 aliphatic rings. The van der Waals surface area contributed by atoms with Crippen LogP contribution in [0.1, 0.15) is 39.2 Å². The van der Waals surface area contributed by atoms with Crippen molar-refractivity contribution in [3.63, 3.8) is 0 Å². The molecular weight excluding hydrogens is 456 g/mol. The SMILES string of the molecule is Cc1ccc(N(c2cc(N(C)CC3CCN(C(=O)OC(C)(C)C)CC3)ncn2)S(N)(=O)=O)cc1. The third kappa shape index (κ3) is 6.80. The lowest BCUT2D eigenvalue weighted by Gasteiger charge is -2.35. The van der Waals surface area contributed by atoms with Gasteiger partial charge in [-0.05, 0) is 58.6 Å². The van der Waals surface area contributed by atoms with Crippen molar-refractivity contribution in [3.8, 4) is 0 Å². The molecule has 0 bridgehead atoms. The van der Waals surface area contributed by atoms with E-state index in [1.165, 1.54) is 6.33 Å². The number of nitrogens with zero attached hydrogens (tertiary/aromatic N) is 5. The highest BCUT2D eigenvalue weighted by atomic mass is 32.2. The molecular formula is C23H34N6O4S. The second-order valence-electron chi connectivity index (χ2n) is 9.67. The van der Waals surface area contributed by atoms with Gasteiger partial charge in [0.2, 0.25) is 0 Å². The normalized spacial score (nSPS) is 15.2. The topological polar surface area (TPSA) is 122 Å². The molecule has 1 fully saturated rings. The number of rotatable bonds is 6. The molecule has 2 N–H and O–H groups in total. The summed E-state index contributed by atoms with van der Waals surface area (Å²) >= 11 is 0. The van der Waals surface area contributed by atoms with Crippen molar-refractivity contribution >= 4 is 33.6 Å². The summed E-state index contributed by atoms with van der Waals surface area (Å²) in [5.41, 5.74) is 0.886. The first kappa shape index (κ1) is 25.7. The van der Waals surface area contributed by atoms with Crippen molar-refractivity contribution in [2.24, 2.45) is 11.1 Å². The first-order valence-electron chi connectivity index (χ1n) is 11.2. The number of piperidine rings is 1. The summed E-state index contributed by atoms with van der Waals surface area (Å²) in [5, 5.41) is 5.51. The minimum atomic E-state index is -4.11. The molecule has 0 atom stereocenters. The van der Waals surface area contributed by atoms with Gasteiger partial charge in [-0.3, -0.25) is 0 Å². The fourth-order valence-electron chi connectivity index (χ4n) is 3.85. The van der Waals surface area contributed by atoms with Crippen LogP contribution in [0, 0.1) is 12.8 Å². The molecule has 34 heavy (non-hydrogen) atoms. The maximum atomic E-state index is 12.4. The molecule has 1 saturated heterocycles. The summed E-state index contributed by atoms with van der Waals surface area (Å²) in [7, 11) is -2.20. The average molecular weight is 491 g/mol. The molecule has 2 heterocycles. The number of ether oxygens (including phenoxy) is 1. The number of carbonyl (C=O) groups excluding carboxylic acids is 1. The quantitative estimate of drug-likeness (QED) is 0.660. The van der Waals surface area contributed by atoms with E-state index >= 15 is 0 Å². The summed E-state index contributed by atoms with van der Waals surface area (Å²) in [6.45, 7) is 9.47. The Morgan fingerprint density at radius 3 is 2.29 bits per heavy atom. The van der Waals surface area contributed by atoms with Crippen LogP contribution in [0.5, 0.6) is 0 Å². The van der Waals surface area contributed by atoms with Crippen molar-refractivity contribution < 1.29 is 17.9 Å². The zero-order chi connectivity index (χ0) is 25.1. The van der Waals surface area contributed by atoms with Gasteiger partial charge in [0.05, 0.1) is 5.69 Å². The van der Waals surface area contributed by atoms with Gasteiger partial charge < -0.3 is 14.5 Å². The van der Waals surface area contributed by atoms with Crippen molar-refractivity contribution in [2.45, 2.75) is 46.1 Å². The van der Waals surface area contributed by atoms with Crippen LogP contribution in [0.15, 0.2) is 36.7 Å². The van der Waals surface area contributed by atoms with Gasteiger partial charge in [-0.2, -0.15) is 8.42 Å². The lowest BCUT2D eigenvalue weighted by molar-refractivity contribution is 0.0186. The smallest absolute Gasteiger partial charge is 0.410 e. The maximum Gasteiger partial charge on any atom is 0.410 e. The van der Waals surface area contributed by atoms with E-state index in [0.717, 1.165) is 22.7 Å². The second-order valence-corrected chi connectivity index (χ2v) is 11.1. The van der Waals surface area contributed by atoms with Crippen molar-refractivity contribution in [3.05, 3.63) is 42.2 Å². The minimum absolute atomic E-state index is 0.169. The molecule has 186 valence electrons. The molecule has 1 aromatic carbocycles. The minimum Gasteiger partial charge on any atom is -0.444 e. The molecule has 1 aromatic heterocycles. The third-order valence-electron chi connectivity index (χ3n) is 5.56. The van der Waals surface area contributed by atoms with Crippen LogP contribution in [0.2, 0.25) is 0 Å². The molecule has 3 rings (SSSR count). The van der Waals surface area contributed by atoms with Gasteiger partial charge in [0.1, 0.15) is 17.7 Å². The van der Waals surface area contributed by atoms with Gasteiger partial charge in [0.25, 0.3) is 0 Å². The molecule has 1 amide bonds.